The molecule has 1 aromatic rings. The van der Waals surface area contributed by atoms with Gasteiger partial charge in [0.25, 0.3) is 0 Å². The van der Waals surface area contributed by atoms with Crippen molar-refractivity contribution in [2.75, 3.05) is 13.1 Å². The molecule has 1 fully saturated rings. The van der Waals surface area contributed by atoms with Crippen LogP contribution in [0.15, 0.2) is 24.3 Å². The lowest BCUT2D eigenvalue weighted by Crippen LogP contribution is -2.37. The van der Waals surface area contributed by atoms with Gasteiger partial charge in [0.1, 0.15) is 0 Å². The zero-order valence-electron chi connectivity index (χ0n) is 12.1. The average molecular weight is 258 g/mol. The first-order chi connectivity index (χ1) is 9.36. The first kappa shape index (κ1) is 13.1. The van der Waals surface area contributed by atoms with Gasteiger partial charge in [0.15, 0.2) is 0 Å². The molecule has 0 radical (unpaired) electrons. The third-order valence-corrected chi connectivity index (χ3v) is 4.83. The minimum atomic E-state index is 0.624. The van der Waals surface area contributed by atoms with Gasteiger partial charge in [-0.05, 0) is 50.4 Å². The number of rotatable bonds is 1. The van der Waals surface area contributed by atoms with Crippen molar-refractivity contribution >= 4 is 0 Å². The number of nitrogens with zero attached hydrogens (tertiary/aromatic N) is 1. The van der Waals surface area contributed by atoms with E-state index in [0.29, 0.717) is 6.04 Å². The van der Waals surface area contributed by atoms with Crippen molar-refractivity contribution in [2.24, 2.45) is 0 Å². The molecule has 1 N–H and O–H groups in total. The van der Waals surface area contributed by atoms with Crippen molar-refractivity contribution in [3.8, 4) is 0 Å². The quantitative estimate of drug-likeness (QED) is 0.829. The lowest BCUT2D eigenvalue weighted by atomic mass is 9.96. The Morgan fingerprint density at radius 3 is 2.95 bits per heavy atom. The molecule has 2 atom stereocenters. The Hall–Kier alpha value is -0.860. The molecule has 0 aromatic heterocycles. The van der Waals surface area contributed by atoms with E-state index in [9.17, 15) is 0 Å². The summed E-state index contributed by atoms with van der Waals surface area (Å²) < 4.78 is 0. The van der Waals surface area contributed by atoms with Crippen LogP contribution in [0.5, 0.6) is 0 Å². The third-order valence-electron chi connectivity index (χ3n) is 4.83. The molecule has 2 unspecified atom stereocenters. The maximum absolute atomic E-state index is 3.58. The molecule has 2 aliphatic rings. The Morgan fingerprint density at radius 2 is 2.00 bits per heavy atom. The van der Waals surface area contributed by atoms with Crippen LogP contribution in [0.2, 0.25) is 0 Å². The molecule has 0 saturated carbocycles. The number of fused-ring (bicyclic) bond motifs is 1. The maximum Gasteiger partial charge on any atom is 0.0366 e. The fraction of sp³-hybridized carbons (Fsp3) is 0.647. The van der Waals surface area contributed by atoms with E-state index in [-0.39, 0.29) is 0 Å². The Morgan fingerprint density at radius 1 is 1.11 bits per heavy atom. The smallest absolute Gasteiger partial charge is 0.0366 e. The molecule has 2 nitrogen and oxygen atoms in total. The zero-order chi connectivity index (χ0) is 13.1. The second kappa shape index (κ2) is 6.06. The standard InChI is InChI=1S/C17H26N2/c1-14-7-3-2-6-12-19(14)17-10-11-18-13-15-8-4-5-9-16(15)17/h4-5,8-9,14,17-18H,2-3,6-7,10-13H2,1H3. The monoisotopic (exact) mass is 258 g/mol. The number of benzene rings is 1. The van der Waals surface area contributed by atoms with Gasteiger partial charge in [0.2, 0.25) is 0 Å². The van der Waals surface area contributed by atoms with E-state index >= 15 is 0 Å². The highest BCUT2D eigenvalue weighted by molar-refractivity contribution is 5.31. The summed E-state index contributed by atoms with van der Waals surface area (Å²) >= 11 is 0. The Labute approximate surface area is 117 Å². The lowest BCUT2D eigenvalue weighted by molar-refractivity contribution is 0.140. The molecule has 1 aromatic carbocycles. The van der Waals surface area contributed by atoms with Gasteiger partial charge in [-0.15, -0.1) is 0 Å². The Bertz CT molecular complexity index is 415. The highest BCUT2D eigenvalue weighted by Crippen LogP contribution is 2.33. The molecular formula is C17H26N2. The molecule has 0 amide bonds. The number of hydrogen-bond acceptors (Lipinski definition) is 2. The summed E-state index contributed by atoms with van der Waals surface area (Å²) in [7, 11) is 0. The van der Waals surface area contributed by atoms with E-state index in [4.69, 9.17) is 0 Å². The highest BCUT2D eigenvalue weighted by Gasteiger charge is 2.28. The second-order valence-corrected chi connectivity index (χ2v) is 6.12. The summed E-state index contributed by atoms with van der Waals surface area (Å²) in [6.45, 7) is 5.88. The molecule has 0 spiro atoms. The molecule has 2 heterocycles. The molecule has 2 aliphatic heterocycles. The van der Waals surface area contributed by atoms with Gasteiger partial charge in [-0.2, -0.15) is 0 Å². The Kier molecular flexibility index (Phi) is 4.19. The maximum atomic E-state index is 3.58. The first-order valence-corrected chi connectivity index (χ1v) is 7.90. The fourth-order valence-electron chi connectivity index (χ4n) is 3.74. The van der Waals surface area contributed by atoms with Gasteiger partial charge in [-0.25, -0.2) is 0 Å². The van der Waals surface area contributed by atoms with Crippen LogP contribution in [0.1, 0.15) is 56.2 Å². The molecule has 104 valence electrons. The zero-order valence-corrected chi connectivity index (χ0v) is 12.1. The molecule has 0 aliphatic carbocycles. The minimum absolute atomic E-state index is 0.624. The Balaban J connectivity index is 1.90. The topological polar surface area (TPSA) is 15.3 Å². The van der Waals surface area contributed by atoms with Crippen LogP contribution in [0.3, 0.4) is 0 Å². The van der Waals surface area contributed by atoms with Crippen LogP contribution in [-0.2, 0) is 6.54 Å². The number of hydrogen-bond donors (Lipinski definition) is 1. The average Bonchev–Trinajstić information content (AvgIpc) is 2.76. The van der Waals surface area contributed by atoms with Crippen LogP contribution >= 0.6 is 0 Å². The van der Waals surface area contributed by atoms with E-state index < -0.39 is 0 Å². The van der Waals surface area contributed by atoms with Gasteiger partial charge in [-0.3, -0.25) is 4.90 Å². The van der Waals surface area contributed by atoms with Gasteiger partial charge < -0.3 is 5.32 Å². The predicted molar refractivity (Wildman–Crippen MR) is 80.1 cm³/mol. The van der Waals surface area contributed by atoms with E-state index in [2.05, 4.69) is 41.4 Å². The van der Waals surface area contributed by atoms with E-state index in [0.717, 1.165) is 19.1 Å². The van der Waals surface area contributed by atoms with Crippen molar-refractivity contribution in [1.29, 1.82) is 0 Å². The van der Waals surface area contributed by atoms with Crippen LogP contribution in [-0.4, -0.2) is 24.0 Å². The summed E-state index contributed by atoms with van der Waals surface area (Å²) in [5.41, 5.74) is 3.07. The summed E-state index contributed by atoms with van der Waals surface area (Å²) in [6, 6.07) is 10.4. The second-order valence-electron chi connectivity index (χ2n) is 6.12. The molecule has 1 saturated heterocycles. The summed E-state index contributed by atoms with van der Waals surface area (Å²) in [6.07, 6.45) is 6.81. The number of likely N-dealkylation sites (tertiary alicyclic amines) is 1. The van der Waals surface area contributed by atoms with Crippen molar-refractivity contribution in [1.82, 2.24) is 10.2 Å². The number of nitrogens with one attached hydrogen (secondary N) is 1. The normalized spacial score (nSPS) is 29.3. The highest BCUT2D eigenvalue weighted by atomic mass is 15.2. The fourth-order valence-corrected chi connectivity index (χ4v) is 3.74. The third kappa shape index (κ3) is 2.85. The van der Waals surface area contributed by atoms with Crippen LogP contribution in [0.25, 0.3) is 0 Å². The van der Waals surface area contributed by atoms with Crippen molar-refractivity contribution in [3.05, 3.63) is 35.4 Å². The molecular weight excluding hydrogens is 232 g/mol. The van der Waals surface area contributed by atoms with Gasteiger partial charge in [0, 0.05) is 18.6 Å². The van der Waals surface area contributed by atoms with Crippen molar-refractivity contribution in [2.45, 2.75) is 57.7 Å². The van der Waals surface area contributed by atoms with E-state index in [1.165, 1.54) is 44.2 Å². The minimum Gasteiger partial charge on any atom is -0.313 e. The van der Waals surface area contributed by atoms with Gasteiger partial charge >= 0.3 is 0 Å². The van der Waals surface area contributed by atoms with Crippen LogP contribution in [0, 0.1) is 0 Å². The van der Waals surface area contributed by atoms with Crippen LogP contribution < -0.4 is 5.32 Å². The molecule has 2 heteroatoms. The van der Waals surface area contributed by atoms with E-state index in [1.807, 2.05) is 0 Å². The summed E-state index contributed by atoms with van der Waals surface area (Å²) in [4.78, 5) is 2.78. The van der Waals surface area contributed by atoms with Crippen LogP contribution in [0.4, 0.5) is 0 Å². The summed E-state index contributed by atoms with van der Waals surface area (Å²) in [5.74, 6) is 0. The largest absolute Gasteiger partial charge is 0.313 e. The molecule has 0 bridgehead atoms. The van der Waals surface area contributed by atoms with Gasteiger partial charge in [0.05, 0.1) is 0 Å². The predicted octanol–water partition coefficient (Wildman–Crippen LogP) is 3.49. The SMILES string of the molecule is CC1CCCCCN1C1CCNCc2ccccc21. The van der Waals surface area contributed by atoms with E-state index in [1.54, 1.807) is 5.56 Å². The molecule has 19 heavy (non-hydrogen) atoms. The van der Waals surface area contributed by atoms with Crippen molar-refractivity contribution < 1.29 is 0 Å². The first-order valence-electron chi connectivity index (χ1n) is 7.90. The summed E-state index contributed by atoms with van der Waals surface area (Å²) in [5, 5.41) is 3.58. The van der Waals surface area contributed by atoms with Crippen molar-refractivity contribution in [3.63, 3.8) is 0 Å². The van der Waals surface area contributed by atoms with Gasteiger partial charge in [-0.1, -0.05) is 37.1 Å². The molecule has 3 rings (SSSR count). The lowest BCUT2D eigenvalue weighted by Gasteiger charge is -2.35.